The van der Waals surface area contributed by atoms with Gasteiger partial charge in [0.05, 0.1) is 17.7 Å². The van der Waals surface area contributed by atoms with E-state index in [2.05, 4.69) is 21.9 Å². The van der Waals surface area contributed by atoms with Gasteiger partial charge in [0, 0.05) is 15.1 Å². The second-order valence-corrected chi connectivity index (χ2v) is 7.86. The molecule has 1 fully saturated rings. The molecule has 28 heavy (non-hydrogen) atoms. The summed E-state index contributed by atoms with van der Waals surface area (Å²) in [5.41, 5.74) is 1.01. The topological polar surface area (TPSA) is 55.8 Å². The third-order valence-corrected chi connectivity index (χ3v) is 5.31. The largest absolute Gasteiger partial charge is 0.493 e. The van der Waals surface area contributed by atoms with Crippen molar-refractivity contribution in [3.05, 3.63) is 56.4 Å². The maximum absolute atomic E-state index is 12.8. The van der Waals surface area contributed by atoms with Gasteiger partial charge in [-0.25, -0.2) is 4.90 Å². The number of ether oxygens (including phenoxy) is 2. The standard InChI is InChI=1S/C20H13BrClNO4S/c1-3-8-27-18-12(9-13(21)11-16(18)26-2)10-17-19(24)23(20(25)28-17)15-6-4-14(22)5-7-15/h1,4-7,9-11H,8H2,2H3/b17-10-. The quantitative estimate of drug-likeness (QED) is 0.427. The van der Waals surface area contributed by atoms with Crippen LogP contribution in [0.5, 0.6) is 11.5 Å². The molecule has 0 N–H and O–H groups in total. The molecule has 0 aliphatic carbocycles. The molecule has 2 aromatic carbocycles. The number of anilines is 1. The molecule has 0 saturated carbocycles. The number of hydrogen-bond donors (Lipinski definition) is 0. The Morgan fingerprint density at radius 3 is 2.64 bits per heavy atom. The van der Waals surface area contributed by atoms with Crippen molar-refractivity contribution in [2.75, 3.05) is 18.6 Å². The lowest BCUT2D eigenvalue weighted by atomic mass is 10.1. The number of amides is 2. The number of terminal acetylenes is 1. The molecule has 2 aromatic rings. The van der Waals surface area contributed by atoms with Crippen molar-refractivity contribution in [3.63, 3.8) is 0 Å². The van der Waals surface area contributed by atoms with Crippen molar-refractivity contribution in [2.24, 2.45) is 0 Å². The molecule has 0 spiro atoms. The third-order valence-electron chi connectivity index (χ3n) is 3.73. The number of methoxy groups -OCH3 is 1. The van der Waals surface area contributed by atoms with Gasteiger partial charge in [-0.05, 0) is 54.2 Å². The van der Waals surface area contributed by atoms with Crippen LogP contribution in [-0.4, -0.2) is 24.9 Å². The zero-order valence-corrected chi connectivity index (χ0v) is 17.7. The number of hydrogen-bond acceptors (Lipinski definition) is 5. The molecular weight excluding hydrogens is 466 g/mol. The van der Waals surface area contributed by atoms with E-state index in [4.69, 9.17) is 27.5 Å². The number of nitrogens with zero attached hydrogens (tertiary/aromatic N) is 1. The molecule has 0 bridgehead atoms. The van der Waals surface area contributed by atoms with Crippen LogP contribution in [0.4, 0.5) is 10.5 Å². The number of carbonyl (C=O) groups excluding carboxylic acids is 2. The lowest BCUT2D eigenvalue weighted by molar-refractivity contribution is -0.113. The summed E-state index contributed by atoms with van der Waals surface area (Å²) in [5.74, 6) is 2.81. The van der Waals surface area contributed by atoms with Crippen LogP contribution >= 0.6 is 39.3 Å². The van der Waals surface area contributed by atoms with Gasteiger partial charge in [0.25, 0.3) is 11.1 Å². The van der Waals surface area contributed by atoms with Gasteiger partial charge in [0.2, 0.25) is 0 Å². The number of imide groups is 1. The Morgan fingerprint density at radius 1 is 1.29 bits per heavy atom. The number of carbonyl (C=O) groups is 2. The molecule has 5 nitrogen and oxygen atoms in total. The fourth-order valence-corrected chi connectivity index (χ4v) is 3.95. The first kappa shape index (κ1) is 20.3. The summed E-state index contributed by atoms with van der Waals surface area (Å²) in [4.78, 5) is 26.6. The zero-order valence-electron chi connectivity index (χ0n) is 14.6. The van der Waals surface area contributed by atoms with Gasteiger partial charge in [-0.15, -0.1) is 6.42 Å². The van der Waals surface area contributed by atoms with Crippen LogP contribution in [0, 0.1) is 12.3 Å². The molecule has 8 heteroatoms. The summed E-state index contributed by atoms with van der Waals surface area (Å²) in [6.45, 7) is 0.0328. The third kappa shape index (κ3) is 4.20. The predicted octanol–water partition coefficient (Wildman–Crippen LogP) is 5.36. The van der Waals surface area contributed by atoms with Gasteiger partial charge in [0.15, 0.2) is 11.5 Å². The van der Waals surface area contributed by atoms with Gasteiger partial charge in [-0.3, -0.25) is 9.59 Å². The first-order valence-electron chi connectivity index (χ1n) is 7.92. The van der Waals surface area contributed by atoms with E-state index < -0.39 is 11.1 Å². The normalized spacial score (nSPS) is 15.1. The summed E-state index contributed by atoms with van der Waals surface area (Å²) in [5, 5.41) is 0.120. The average molecular weight is 479 g/mol. The summed E-state index contributed by atoms with van der Waals surface area (Å²) in [6, 6.07) is 9.95. The number of thioether (sulfide) groups is 1. The van der Waals surface area contributed by atoms with Crippen LogP contribution in [0.2, 0.25) is 5.02 Å². The lowest BCUT2D eigenvalue weighted by Gasteiger charge is -2.13. The molecule has 0 aromatic heterocycles. The molecule has 1 saturated heterocycles. The fraction of sp³-hybridized carbons (Fsp3) is 0.100. The van der Waals surface area contributed by atoms with E-state index >= 15 is 0 Å². The number of halogens is 2. The molecule has 3 rings (SSSR count). The summed E-state index contributed by atoms with van der Waals surface area (Å²) in [6.07, 6.45) is 6.87. The van der Waals surface area contributed by atoms with Crippen LogP contribution in [-0.2, 0) is 4.79 Å². The van der Waals surface area contributed by atoms with Crippen molar-refractivity contribution in [1.82, 2.24) is 0 Å². The van der Waals surface area contributed by atoms with Crippen molar-refractivity contribution < 1.29 is 19.1 Å². The van der Waals surface area contributed by atoms with Crippen LogP contribution in [0.25, 0.3) is 6.08 Å². The minimum absolute atomic E-state index is 0.0328. The molecule has 1 aliphatic heterocycles. The first-order valence-corrected chi connectivity index (χ1v) is 9.90. The smallest absolute Gasteiger partial charge is 0.298 e. The summed E-state index contributed by atoms with van der Waals surface area (Å²) in [7, 11) is 1.50. The molecule has 0 atom stereocenters. The first-order chi connectivity index (χ1) is 13.4. The number of rotatable bonds is 5. The second-order valence-electron chi connectivity index (χ2n) is 5.51. The zero-order chi connectivity index (χ0) is 20.3. The van der Waals surface area contributed by atoms with E-state index in [0.717, 1.165) is 21.1 Å². The minimum atomic E-state index is -0.431. The van der Waals surface area contributed by atoms with E-state index in [0.29, 0.717) is 27.8 Å². The van der Waals surface area contributed by atoms with Crippen molar-refractivity contribution in [3.8, 4) is 23.8 Å². The molecule has 1 heterocycles. The monoisotopic (exact) mass is 477 g/mol. The van der Waals surface area contributed by atoms with Gasteiger partial charge in [-0.1, -0.05) is 33.5 Å². The highest BCUT2D eigenvalue weighted by molar-refractivity contribution is 9.10. The summed E-state index contributed by atoms with van der Waals surface area (Å²) < 4.78 is 11.7. The molecule has 0 radical (unpaired) electrons. The molecule has 0 unspecified atom stereocenters. The van der Waals surface area contributed by atoms with E-state index in [-0.39, 0.29) is 11.5 Å². The Bertz CT molecular complexity index is 1010. The van der Waals surface area contributed by atoms with Crippen LogP contribution in [0.3, 0.4) is 0 Å². The van der Waals surface area contributed by atoms with Crippen LogP contribution < -0.4 is 14.4 Å². The lowest BCUT2D eigenvalue weighted by Crippen LogP contribution is -2.27. The van der Waals surface area contributed by atoms with E-state index in [1.54, 1.807) is 42.5 Å². The van der Waals surface area contributed by atoms with Crippen molar-refractivity contribution >= 4 is 62.2 Å². The van der Waals surface area contributed by atoms with E-state index in [1.807, 2.05) is 0 Å². The Labute approximate surface area is 179 Å². The molecule has 142 valence electrons. The van der Waals surface area contributed by atoms with Gasteiger partial charge >= 0.3 is 0 Å². The number of benzene rings is 2. The maximum atomic E-state index is 12.8. The van der Waals surface area contributed by atoms with E-state index in [1.165, 1.54) is 7.11 Å². The Morgan fingerprint density at radius 2 is 2.00 bits per heavy atom. The fourth-order valence-electron chi connectivity index (χ4n) is 2.54. The highest BCUT2D eigenvalue weighted by Crippen LogP contribution is 2.40. The van der Waals surface area contributed by atoms with Gasteiger partial charge < -0.3 is 9.47 Å². The molecular formula is C20H13BrClNO4S. The molecule has 2 amide bonds. The SMILES string of the molecule is C#CCOc1c(/C=C2\SC(=O)N(c3ccc(Cl)cc3)C2=O)cc(Br)cc1OC. The van der Waals surface area contributed by atoms with Crippen molar-refractivity contribution in [2.45, 2.75) is 0 Å². The van der Waals surface area contributed by atoms with Gasteiger partial charge in [-0.2, -0.15) is 0 Å². The maximum Gasteiger partial charge on any atom is 0.298 e. The second kappa shape index (κ2) is 8.74. The van der Waals surface area contributed by atoms with Crippen LogP contribution in [0.1, 0.15) is 5.56 Å². The highest BCUT2D eigenvalue weighted by atomic mass is 79.9. The average Bonchev–Trinajstić information content (AvgIpc) is 2.94. The Kier molecular flexibility index (Phi) is 6.35. The Balaban J connectivity index is 2.01. The van der Waals surface area contributed by atoms with Gasteiger partial charge in [0.1, 0.15) is 6.61 Å². The van der Waals surface area contributed by atoms with E-state index in [9.17, 15) is 9.59 Å². The predicted molar refractivity (Wildman–Crippen MR) is 115 cm³/mol. The highest BCUT2D eigenvalue weighted by Gasteiger charge is 2.36. The minimum Gasteiger partial charge on any atom is -0.493 e. The molecule has 1 aliphatic rings. The Hall–Kier alpha value is -2.40. The summed E-state index contributed by atoms with van der Waals surface area (Å²) >= 11 is 10.1. The van der Waals surface area contributed by atoms with Crippen LogP contribution in [0.15, 0.2) is 45.8 Å². The van der Waals surface area contributed by atoms with Crippen molar-refractivity contribution in [1.29, 1.82) is 0 Å².